The lowest BCUT2D eigenvalue weighted by atomic mass is 10.1. The number of thiazole rings is 2. The van der Waals surface area contributed by atoms with Crippen LogP contribution in [-0.4, -0.2) is 21.0 Å². The minimum atomic E-state index is -4.74. The number of aryl methyl sites for hydroxylation is 2. The second kappa shape index (κ2) is 9.40. The Morgan fingerprint density at radius 2 is 1.91 bits per heavy atom. The number of carboxylic acids is 1. The summed E-state index contributed by atoms with van der Waals surface area (Å²) in [6, 6.07) is 8.71. The predicted octanol–water partition coefficient (Wildman–Crippen LogP) is 7.20. The van der Waals surface area contributed by atoms with Gasteiger partial charge in [-0.25, -0.2) is 14.4 Å². The van der Waals surface area contributed by atoms with E-state index in [0.29, 0.717) is 22.7 Å². The van der Waals surface area contributed by atoms with Crippen molar-refractivity contribution < 1.29 is 27.5 Å². The Morgan fingerprint density at radius 1 is 1.12 bits per heavy atom. The molecular formula is C22H16F4N2O2S3. The van der Waals surface area contributed by atoms with Crippen molar-refractivity contribution in [1.29, 1.82) is 0 Å². The highest BCUT2D eigenvalue weighted by molar-refractivity contribution is 7.98. The molecular weight excluding hydrogens is 496 g/mol. The number of alkyl halides is 3. The molecule has 11 heteroatoms. The number of hydrogen-bond donors (Lipinski definition) is 1. The Kier molecular flexibility index (Phi) is 6.73. The number of thioether (sulfide) groups is 1. The summed E-state index contributed by atoms with van der Waals surface area (Å²) in [4.78, 5) is 21.6. The summed E-state index contributed by atoms with van der Waals surface area (Å²) in [7, 11) is 0. The fourth-order valence-electron chi connectivity index (χ4n) is 3.08. The van der Waals surface area contributed by atoms with Crippen molar-refractivity contribution in [3.05, 3.63) is 63.4 Å². The number of carbonyl (C=O) groups is 1. The van der Waals surface area contributed by atoms with E-state index >= 15 is 0 Å². The van der Waals surface area contributed by atoms with E-state index in [1.165, 1.54) is 28.7 Å². The van der Waals surface area contributed by atoms with Crippen LogP contribution in [0.2, 0.25) is 0 Å². The van der Waals surface area contributed by atoms with Crippen molar-refractivity contribution in [3.8, 4) is 10.6 Å². The first-order valence-electron chi connectivity index (χ1n) is 9.67. The van der Waals surface area contributed by atoms with Crippen LogP contribution in [0.3, 0.4) is 0 Å². The van der Waals surface area contributed by atoms with Gasteiger partial charge in [0.1, 0.15) is 10.8 Å². The minimum Gasteiger partial charge on any atom is -0.481 e. The third-order valence-corrected chi connectivity index (χ3v) is 8.25. The number of nitrogens with zero attached hydrogens (tertiary/aromatic N) is 2. The highest BCUT2D eigenvalue weighted by Crippen LogP contribution is 2.37. The molecule has 0 amide bonds. The molecule has 0 aliphatic carbocycles. The van der Waals surface area contributed by atoms with Gasteiger partial charge in [-0.3, -0.25) is 4.79 Å². The maximum absolute atomic E-state index is 13.9. The first-order valence-corrected chi connectivity index (χ1v) is 12.3. The van der Waals surface area contributed by atoms with Crippen LogP contribution >= 0.6 is 34.4 Å². The summed E-state index contributed by atoms with van der Waals surface area (Å²) >= 11 is 4.36. The lowest BCUT2D eigenvalue weighted by Gasteiger charge is -2.08. The first-order chi connectivity index (χ1) is 15.6. The summed E-state index contributed by atoms with van der Waals surface area (Å²) in [6.07, 6.45) is -4.31. The molecule has 0 aliphatic rings. The molecule has 0 aliphatic heterocycles. The molecule has 0 unspecified atom stereocenters. The van der Waals surface area contributed by atoms with Crippen LogP contribution in [0.15, 0.2) is 41.3 Å². The molecule has 0 fully saturated rings. The van der Waals surface area contributed by atoms with Gasteiger partial charge in [0, 0.05) is 27.5 Å². The molecule has 172 valence electrons. The number of fused-ring (bicyclic) bond motifs is 1. The second-order valence-electron chi connectivity index (χ2n) is 7.14. The Hall–Kier alpha value is -2.50. The van der Waals surface area contributed by atoms with Crippen LogP contribution in [0.4, 0.5) is 17.6 Å². The molecule has 2 heterocycles. The highest BCUT2D eigenvalue weighted by Gasteiger charge is 2.34. The molecule has 0 saturated carbocycles. The van der Waals surface area contributed by atoms with E-state index < -0.39 is 23.5 Å². The van der Waals surface area contributed by atoms with Crippen molar-refractivity contribution in [2.45, 2.75) is 36.6 Å². The zero-order chi connectivity index (χ0) is 23.8. The van der Waals surface area contributed by atoms with Crippen molar-refractivity contribution in [2.24, 2.45) is 0 Å². The number of benzene rings is 2. The van der Waals surface area contributed by atoms with Crippen molar-refractivity contribution >= 4 is 50.6 Å². The second-order valence-corrected chi connectivity index (χ2v) is 10.4. The van der Waals surface area contributed by atoms with Gasteiger partial charge >= 0.3 is 12.1 Å². The van der Waals surface area contributed by atoms with Crippen molar-refractivity contribution in [3.63, 3.8) is 0 Å². The molecule has 2 aromatic heterocycles. The topological polar surface area (TPSA) is 63.1 Å². The summed E-state index contributed by atoms with van der Waals surface area (Å²) in [5, 5.41) is 10.1. The van der Waals surface area contributed by atoms with Gasteiger partial charge < -0.3 is 5.11 Å². The van der Waals surface area contributed by atoms with E-state index in [2.05, 4.69) is 9.97 Å². The third-order valence-electron chi connectivity index (χ3n) is 4.74. The molecule has 0 atom stereocenters. The number of hydrogen-bond acceptors (Lipinski definition) is 6. The van der Waals surface area contributed by atoms with Crippen LogP contribution in [0.25, 0.3) is 20.8 Å². The standard InChI is InChI=1S/C22H16F4N2O2S3/c1-11-18(33-21(27-11)12-2-4-14(15(23)8-12)22(24,25)26)10-31-13-3-5-17-16(9-13)28-19(32-17)6-7-20(29)30/h2-5,8-9H,6-7,10H2,1H3,(H,29,30). The average molecular weight is 513 g/mol. The molecule has 0 saturated heterocycles. The van der Waals surface area contributed by atoms with Gasteiger partial charge in [0.05, 0.1) is 32.9 Å². The number of carboxylic acid groups (broad SMARTS) is 1. The van der Waals surface area contributed by atoms with Crippen LogP contribution in [-0.2, 0) is 23.1 Å². The fourth-order valence-corrected chi connectivity index (χ4v) is 6.16. The zero-order valence-corrected chi connectivity index (χ0v) is 19.5. The first kappa shape index (κ1) is 23.7. The Balaban J connectivity index is 1.48. The maximum atomic E-state index is 13.9. The summed E-state index contributed by atoms with van der Waals surface area (Å²) in [6.45, 7) is 1.81. The fraction of sp³-hybridized carbons (Fsp3) is 0.227. The number of aliphatic carboxylic acids is 1. The quantitative estimate of drug-likeness (QED) is 0.210. The van der Waals surface area contributed by atoms with Gasteiger partial charge in [-0.15, -0.1) is 34.4 Å². The molecule has 1 N–H and O–H groups in total. The maximum Gasteiger partial charge on any atom is 0.419 e. The smallest absolute Gasteiger partial charge is 0.419 e. The summed E-state index contributed by atoms with van der Waals surface area (Å²) < 4.78 is 53.3. The minimum absolute atomic E-state index is 0.0389. The number of aromatic nitrogens is 2. The SMILES string of the molecule is Cc1nc(-c2ccc(C(F)(F)F)c(F)c2)sc1CSc1ccc2sc(CCC(=O)O)nc2c1. The molecule has 4 aromatic rings. The average Bonchev–Trinajstić information content (AvgIpc) is 3.32. The lowest BCUT2D eigenvalue weighted by Crippen LogP contribution is -2.07. The molecule has 33 heavy (non-hydrogen) atoms. The van der Waals surface area contributed by atoms with Crippen LogP contribution in [0.1, 0.15) is 27.6 Å². The molecule has 0 radical (unpaired) electrons. The highest BCUT2D eigenvalue weighted by atomic mass is 32.2. The van der Waals surface area contributed by atoms with Gasteiger partial charge in [-0.2, -0.15) is 13.2 Å². The van der Waals surface area contributed by atoms with Crippen LogP contribution in [0, 0.1) is 12.7 Å². The monoisotopic (exact) mass is 512 g/mol. The van der Waals surface area contributed by atoms with Gasteiger partial charge in [0.25, 0.3) is 0 Å². The summed E-state index contributed by atoms with van der Waals surface area (Å²) in [5.41, 5.74) is 0.572. The zero-order valence-electron chi connectivity index (χ0n) is 17.1. The number of rotatable bonds is 7. The van der Waals surface area contributed by atoms with Gasteiger partial charge in [0.2, 0.25) is 0 Å². The van der Waals surface area contributed by atoms with E-state index in [-0.39, 0.29) is 6.42 Å². The molecule has 2 aromatic carbocycles. The predicted molar refractivity (Wildman–Crippen MR) is 122 cm³/mol. The van der Waals surface area contributed by atoms with E-state index in [9.17, 15) is 22.4 Å². The van der Waals surface area contributed by atoms with Gasteiger partial charge in [0.15, 0.2) is 0 Å². The number of halogens is 4. The molecule has 0 bridgehead atoms. The Bertz CT molecular complexity index is 1330. The van der Waals surface area contributed by atoms with Crippen molar-refractivity contribution in [2.75, 3.05) is 0 Å². The Morgan fingerprint density at radius 3 is 2.61 bits per heavy atom. The molecule has 0 spiro atoms. The van der Waals surface area contributed by atoms with E-state index in [0.717, 1.165) is 42.8 Å². The van der Waals surface area contributed by atoms with Crippen molar-refractivity contribution in [1.82, 2.24) is 9.97 Å². The van der Waals surface area contributed by atoms with Crippen LogP contribution in [0.5, 0.6) is 0 Å². The Labute approximate surface area is 198 Å². The largest absolute Gasteiger partial charge is 0.481 e. The lowest BCUT2D eigenvalue weighted by molar-refractivity contribution is -0.140. The summed E-state index contributed by atoms with van der Waals surface area (Å²) in [5.74, 6) is -1.58. The van der Waals surface area contributed by atoms with Gasteiger partial charge in [-0.1, -0.05) is 6.07 Å². The van der Waals surface area contributed by atoms with E-state index in [1.807, 2.05) is 25.1 Å². The third kappa shape index (κ3) is 5.53. The molecule has 4 nitrogen and oxygen atoms in total. The molecule has 4 rings (SSSR count). The van der Waals surface area contributed by atoms with E-state index in [4.69, 9.17) is 5.11 Å². The van der Waals surface area contributed by atoms with Crippen LogP contribution < -0.4 is 0 Å². The van der Waals surface area contributed by atoms with E-state index in [1.54, 1.807) is 11.8 Å². The van der Waals surface area contributed by atoms with Gasteiger partial charge in [-0.05, 0) is 37.3 Å². The normalized spacial score (nSPS) is 11.9.